The Bertz CT molecular complexity index is 1160. The number of hydrogen-bond donors (Lipinski definition) is 2. The van der Waals surface area contributed by atoms with Crippen molar-refractivity contribution in [3.63, 3.8) is 0 Å². The molecule has 2 N–H and O–H groups in total. The Morgan fingerprint density at radius 3 is 2.72 bits per heavy atom. The van der Waals surface area contributed by atoms with Crippen LogP contribution in [0.15, 0.2) is 41.3 Å². The van der Waals surface area contributed by atoms with Gasteiger partial charge in [-0.2, -0.15) is 4.31 Å². The molecule has 1 fully saturated rings. The van der Waals surface area contributed by atoms with Crippen molar-refractivity contribution >= 4 is 33.2 Å². The molecule has 2 aromatic rings. The maximum atomic E-state index is 13.4. The van der Waals surface area contributed by atoms with Gasteiger partial charge < -0.3 is 10.6 Å². The van der Waals surface area contributed by atoms with Crippen LogP contribution in [0, 0.1) is 19.8 Å². The van der Waals surface area contributed by atoms with E-state index in [1.165, 1.54) is 4.31 Å². The lowest BCUT2D eigenvalue weighted by molar-refractivity contribution is -0.121. The summed E-state index contributed by atoms with van der Waals surface area (Å²) in [5.41, 5.74) is 4.30. The monoisotopic (exact) mass is 455 g/mol. The van der Waals surface area contributed by atoms with Gasteiger partial charge in [0.15, 0.2) is 0 Å². The van der Waals surface area contributed by atoms with Crippen molar-refractivity contribution in [1.82, 2.24) is 4.31 Å². The molecule has 0 saturated carbocycles. The number of hydrogen-bond acceptors (Lipinski definition) is 4. The Morgan fingerprint density at radius 2 is 1.91 bits per heavy atom. The van der Waals surface area contributed by atoms with Gasteiger partial charge in [-0.25, -0.2) is 8.42 Å². The second-order valence-electron chi connectivity index (χ2n) is 8.73. The molecule has 2 aromatic carbocycles. The summed E-state index contributed by atoms with van der Waals surface area (Å²) >= 11 is 0. The molecule has 7 nitrogen and oxygen atoms in total. The number of rotatable bonds is 4. The standard InChI is InChI=1S/C24H29N3O4S/c1-16-8-9-17(2)22(13-16)26-24(29)19-6-4-12-27(15-19)32(30,31)20-10-11-21-18(14-20)5-3-7-23(28)25-21/h8-11,13-14,19H,3-7,12,15H2,1-2H3,(H,25,28)(H,26,29). The maximum Gasteiger partial charge on any atom is 0.243 e. The molecule has 1 unspecified atom stereocenters. The zero-order valence-electron chi connectivity index (χ0n) is 18.5. The Hall–Kier alpha value is -2.71. The van der Waals surface area contributed by atoms with Crippen molar-refractivity contribution < 1.29 is 18.0 Å². The van der Waals surface area contributed by atoms with Crippen LogP contribution in [0.2, 0.25) is 0 Å². The molecular formula is C24H29N3O4S. The number of nitrogens with one attached hydrogen (secondary N) is 2. The van der Waals surface area contributed by atoms with Gasteiger partial charge in [0.05, 0.1) is 10.8 Å². The molecule has 0 bridgehead atoms. The normalized spacial score (nSPS) is 19.6. The second kappa shape index (κ2) is 9.03. The first-order valence-electron chi connectivity index (χ1n) is 11.0. The van der Waals surface area contributed by atoms with E-state index < -0.39 is 15.9 Å². The molecule has 1 atom stereocenters. The third kappa shape index (κ3) is 4.71. The van der Waals surface area contributed by atoms with Crippen LogP contribution in [0.3, 0.4) is 0 Å². The zero-order valence-corrected chi connectivity index (χ0v) is 19.3. The zero-order chi connectivity index (χ0) is 22.9. The molecule has 32 heavy (non-hydrogen) atoms. The van der Waals surface area contributed by atoms with Crippen molar-refractivity contribution in [3.8, 4) is 0 Å². The summed E-state index contributed by atoms with van der Waals surface area (Å²) in [7, 11) is -3.73. The predicted molar refractivity (Wildman–Crippen MR) is 124 cm³/mol. The summed E-state index contributed by atoms with van der Waals surface area (Å²) in [5.74, 6) is -0.602. The van der Waals surface area contributed by atoms with E-state index >= 15 is 0 Å². The van der Waals surface area contributed by atoms with Gasteiger partial charge in [0.25, 0.3) is 0 Å². The number of piperidine rings is 1. The van der Waals surface area contributed by atoms with E-state index in [0.717, 1.165) is 22.4 Å². The van der Waals surface area contributed by atoms with Gasteiger partial charge in [-0.05, 0) is 80.5 Å². The Kier molecular flexibility index (Phi) is 6.35. The fraction of sp³-hybridized carbons (Fsp3) is 0.417. The molecular weight excluding hydrogens is 426 g/mol. The third-order valence-corrected chi connectivity index (χ3v) is 8.11. The number of sulfonamides is 1. The van der Waals surface area contributed by atoms with Gasteiger partial charge in [0.1, 0.15) is 0 Å². The first-order valence-corrected chi connectivity index (χ1v) is 12.5. The largest absolute Gasteiger partial charge is 0.326 e. The highest BCUT2D eigenvalue weighted by Gasteiger charge is 2.34. The van der Waals surface area contributed by atoms with Crippen LogP contribution >= 0.6 is 0 Å². The summed E-state index contributed by atoms with van der Waals surface area (Å²) in [6.07, 6.45) is 3.05. The van der Waals surface area contributed by atoms with E-state index in [0.29, 0.717) is 44.3 Å². The third-order valence-electron chi connectivity index (χ3n) is 6.24. The Balaban J connectivity index is 1.51. The summed E-state index contributed by atoms with van der Waals surface area (Å²) in [6, 6.07) is 10.8. The smallest absolute Gasteiger partial charge is 0.243 e. The van der Waals surface area contributed by atoms with Gasteiger partial charge in [0, 0.05) is 30.9 Å². The number of amides is 2. The van der Waals surface area contributed by atoms with Gasteiger partial charge in [-0.15, -0.1) is 0 Å². The van der Waals surface area contributed by atoms with E-state index in [4.69, 9.17) is 0 Å². The van der Waals surface area contributed by atoms with Gasteiger partial charge >= 0.3 is 0 Å². The van der Waals surface area contributed by atoms with E-state index in [1.54, 1.807) is 18.2 Å². The van der Waals surface area contributed by atoms with Crippen LogP contribution in [0.25, 0.3) is 0 Å². The van der Waals surface area contributed by atoms with Crippen LogP contribution in [-0.4, -0.2) is 37.6 Å². The maximum absolute atomic E-state index is 13.4. The molecule has 8 heteroatoms. The minimum Gasteiger partial charge on any atom is -0.326 e. The molecule has 2 aliphatic rings. The number of aryl methyl sites for hydroxylation is 3. The van der Waals surface area contributed by atoms with E-state index in [1.807, 2.05) is 32.0 Å². The molecule has 0 radical (unpaired) electrons. The van der Waals surface area contributed by atoms with Crippen LogP contribution in [0.4, 0.5) is 11.4 Å². The highest BCUT2D eigenvalue weighted by atomic mass is 32.2. The van der Waals surface area contributed by atoms with E-state index in [-0.39, 0.29) is 23.3 Å². The lowest BCUT2D eigenvalue weighted by atomic mass is 9.98. The lowest BCUT2D eigenvalue weighted by Crippen LogP contribution is -2.43. The second-order valence-corrected chi connectivity index (χ2v) is 10.7. The summed E-state index contributed by atoms with van der Waals surface area (Å²) in [4.78, 5) is 24.9. The molecule has 4 rings (SSSR count). The first kappa shape index (κ1) is 22.5. The number of nitrogens with zero attached hydrogens (tertiary/aromatic N) is 1. The molecule has 1 saturated heterocycles. The fourth-order valence-corrected chi connectivity index (χ4v) is 5.92. The summed E-state index contributed by atoms with van der Waals surface area (Å²) in [6.45, 7) is 4.46. The average Bonchev–Trinajstić information content (AvgIpc) is 2.96. The molecule has 2 amide bonds. The van der Waals surface area contributed by atoms with E-state index in [9.17, 15) is 18.0 Å². The lowest BCUT2D eigenvalue weighted by Gasteiger charge is -2.31. The highest BCUT2D eigenvalue weighted by molar-refractivity contribution is 7.89. The fourth-order valence-electron chi connectivity index (χ4n) is 4.34. The molecule has 0 aliphatic carbocycles. The van der Waals surface area contributed by atoms with Crippen molar-refractivity contribution in [2.45, 2.75) is 50.8 Å². The topological polar surface area (TPSA) is 95.6 Å². The molecule has 0 spiro atoms. The van der Waals surface area contributed by atoms with Crippen molar-refractivity contribution in [3.05, 3.63) is 53.1 Å². The predicted octanol–water partition coefficient (Wildman–Crippen LogP) is 3.62. The highest BCUT2D eigenvalue weighted by Crippen LogP contribution is 2.29. The molecule has 2 aliphatic heterocycles. The minimum absolute atomic E-state index is 0.0481. The summed E-state index contributed by atoms with van der Waals surface area (Å²) in [5, 5.41) is 5.82. The minimum atomic E-state index is -3.73. The van der Waals surface area contributed by atoms with E-state index in [2.05, 4.69) is 10.6 Å². The van der Waals surface area contributed by atoms with Crippen molar-refractivity contribution in [2.24, 2.45) is 5.92 Å². The summed E-state index contributed by atoms with van der Waals surface area (Å²) < 4.78 is 28.1. The van der Waals surface area contributed by atoms with Gasteiger partial charge in [0.2, 0.25) is 21.8 Å². The van der Waals surface area contributed by atoms with Crippen molar-refractivity contribution in [1.29, 1.82) is 0 Å². The van der Waals surface area contributed by atoms with Crippen LogP contribution < -0.4 is 10.6 Å². The van der Waals surface area contributed by atoms with Crippen LogP contribution in [0.5, 0.6) is 0 Å². The van der Waals surface area contributed by atoms with Crippen LogP contribution in [-0.2, 0) is 26.0 Å². The van der Waals surface area contributed by atoms with Gasteiger partial charge in [-0.1, -0.05) is 12.1 Å². The van der Waals surface area contributed by atoms with Crippen molar-refractivity contribution in [2.75, 3.05) is 23.7 Å². The SMILES string of the molecule is Cc1ccc(C)c(NC(=O)C2CCCN(S(=O)(=O)c3ccc4c(c3)CCCC(=O)N4)C2)c1. The number of carbonyl (C=O) groups is 2. The average molecular weight is 456 g/mol. The Labute approximate surface area is 189 Å². The number of fused-ring (bicyclic) bond motifs is 1. The number of benzene rings is 2. The quantitative estimate of drug-likeness (QED) is 0.736. The first-order chi connectivity index (χ1) is 15.2. The Morgan fingerprint density at radius 1 is 1.09 bits per heavy atom. The molecule has 2 heterocycles. The van der Waals surface area contributed by atoms with Gasteiger partial charge in [-0.3, -0.25) is 9.59 Å². The van der Waals surface area contributed by atoms with Crippen LogP contribution in [0.1, 0.15) is 42.4 Å². The molecule has 0 aromatic heterocycles. The number of carbonyl (C=O) groups excluding carboxylic acids is 2. The number of anilines is 2. The molecule has 170 valence electrons.